The van der Waals surface area contributed by atoms with Gasteiger partial charge in [-0.2, -0.15) is 0 Å². The molecule has 5 nitrogen and oxygen atoms in total. The fourth-order valence-electron chi connectivity index (χ4n) is 2.56. The van der Waals surface area contributed by atoms with Crippen molar-refractivity contribution in [2.75, 3.05) is 25.5 Å². The molecular weight excluding hydrogens is 316 g/mol. The van der Waals surface area contributed by atoms with Crippen molar-refractivity contribution >= 4 is 11.7 Å². The number of hydrogen-bond acceptors (Lipinski definition) is 3. The second-order valence-electron chi connectivity index (χ2n) is 6.08. The van der Waals surface area contributed by atoms with Crippen LogP contribution >= 0.6 is 0 Å². The van der Waals surface area contributed by atoms with Gasteiger partial charge in [0.1, 0.15) is 5.75 Å². The molecule has 0 saturated carbocycles. The lowest BCUT2D eigenvalue weighted by Crippen LogP contribution is -2.38. The molecule has 2 rings (SSSR count). The number of ether oxygens (including phenoxy) is 1. The quantitative estimate of drug-likeness (QED) is 0.837. The van der Waals surface area contributed by atoms with Crippen LogP contribution in [0.1, 0.15) is 29.7 Å². The molecule has 0 aliphatic rings. The number of anilines is 1. The zero-order valence-corrected chi connectivity index (χ0v) is 15.2. The summed E-state index contributed by atoms with van der Waals surface area (Å²) < 4.78 is 5.18. The number of nitrogens with zero attached hydrogens (tertiary/aromatic N) is 1. The molecule has 0 saturated heterocycles. The van der Waals surface area contributed by atoms with E-state index in [4.69, 9.17) is 4.74 Å². The molecule has 0 spiro atoms. The van der Waals surface area contributed by atoms with Gasteiger partial charge < -0.3 is 20.1 Å². The van der Waals surface area contributed by atoms with Crippen molar-refractivity contribution in [1.82, 2.24) is 4.90 Å². The molecule has 0 heterocycles. The Balaban J connectivity index is 2.04. The highest BCUT2D eigenvalue weighted by Gasteiger charge is 2.18. The first-order valence-corrected chi connectivity index (χ1v) is 8.39. The summed E-state index contributed by atoms with van der Waals surface area (Å²) in [5.74, 6) is 0.748. The predicted molar refractivity (Wildman–Crippen MR) is 100 cm³/mol. The lowest BCUT2D eigenvalue weighted by atomic mass is 10.1. The summed E-state index contributed by atoms with van der Waals surface area (Å²) in [5.41, 5.74) is 3.59. The Kier molecular flexibility index (Phi) is 6.42. The predicted octanol–water partition coefficient (Wildman–Crippen LogP) is 3.90. The molecule has 0 aromatic heterocycles. The highest BCUT2D eigenvalue weighted by molar-refractivity contribution is 5.90. The molecule has 25 heavy (non-hydrogen) atoms. The van der Waals surface area contributed by atoms with Gasteiger partial charge in [0, 0.05) is 12.2 Å². The first kappa shape index (κ1) is 18.8. The molecule has 0 bridgehead atoms. The van der Waals surface area contributed by atoms with Crippen LogP contribution in [0.2, 0.25) is 0 Å². The molecular formula is C20H26N2O3. The zero-order chi connectivity index (χ0) is 18.4. The van der Waals surface area contributed by atoms with Crippen LogP contribution in [0.3, 0.4) is 0 Å². The molecule has 0 aliphatic heterocycles. The van der Waals surface area contributed by atoms with E-state index in [2.05, 4.69) is 5.32 Å². The smallest absolute Gasteiger partial charge is 0.321 e. The number of hydrogen-bond donors (Lipinski definition) is 2. The van der Waals surface area contributed by atoms with Crippen molar-refractivity contribution < 1.29 is 14.6 Å². The van der Waals surface area contributed by atoms with Crippen LogP contribution in [-0.4, -0.2) is 36.2 Å². The van der Waals surface area contributed by atoms with Gasteiger partial charge in [-0.05, 0) is 50.1 Å². The number of likely N-dealkylation sites (N-methyl/N-ethyl adjacent to an activating group) is 1. The number of methoxy groups -OCH3 is 1. The van der Waals surface area contributed by atoms with Crippen LogP contribution in [0.5, 0.6) is 5.75 Å². The van der Waals surface area contributed by atoms with Gasteiger partial charge in [0.15, 0.2) is 0 Å². The maximum absolute atomic E-state index is 12.5. The summed E-state index contributed by atoms with van der Waals surface area (Å²) in [7, 11) is 1.61. The fourth-order valence-corrected chi connectivity index (χ4v) is 2.56. The minimum atomic E-state index is -0.719. The van der Waals surface area contributed by atoms with Gasteiger partial charge in [0.05, 0.1) is 19.8 Å². The van der Waals surface area contributed by atoms with E-state index < -0.39 is 6.10 Å². The summed E-state index contributed by atoms with van der Waals surface area (Å²) >= 11 is 0. The maximum Gasteiger partial charge on any atom is 0.321 e. The third kappa shape index (κ3) is 4.97. The molecule has 2 aromatic rings. The number of aliphatic hydroxyl groups excluding tert-OH is 1. The summed E-state index contributed by atoms with van der Waals surface area (Å²) in [6, 6.07) is 12.9. The summed E-state index contributed by atoms with van der Waals surface area (Å²) in [4.78, 5) is 14.1. The SMILES string of the molecule is CCN(CC(O)c1ccc(C)cc1)C(=O)Nc1ccc(OC)cc1C. The molecule has 1 unspecified atom stereocenters. The minimum Gasteiger partial charge on any atom is -0.497 e. The van der Waals surface area contributed by atoms with E-state index in [1.807, 2.05) is 57.2 Å². The Morgan fingerprint density at radius 3 is 2.44 bits per heavy atom. The van der Waals surface area contributed by atoms with Crippen molar-refractivity contribution in [3.05, 3.63) is 59.2 Å². The number of rotatable bonds is 6. The van der Waals surface area contributed by atoms with Gasteiger partial charge in [-0.25, -0.2) is 4.79 Å². The van der Waals surface area contributed by atoms with Crippen LogP contribution in [0.15, 0.2) is 42.5 Å². The van der Waals surface area contributed by atoms with Gasteiger partial charge in [-0.1, -0.05) is 29.8 Å². The molecule has 2 N–H and O–H groups in total. The number of carbonyl (C=O) groups is 1. The van der Waals surface area contributed by atoms with Crippen molar-refractivity contribution in [3.63, 3.8) is 0 Å². The molecule has 0 fully saturated rings. The number of urea groups is 1. The first-order chi connectivity index (χ1) is 11.9. The van der Waals surface area contributed by atoms with Gasteiger partial charge in [-0.3, -0.25) is 0 Å². The third-order valence-corrected chi connectivity index (χ3v) is 4.20. The maximum atomic E-state index is 12.5. The average Bonchev–Trinajstić information content (AvgIpc) is 2.61. The number of nitrogens with one attached hydrogen (secondary N) is 1. The zero-order valence-electron chi connectivity index (χ0n) is 15.2. The van der Waals surface area contributed by atoms with E-state index >= 15 is 0 Å². The second-order valence-corrected chi connectivity index (χ2v) is 6.08. The topological polar surface area (TPSA) is 61.8 Å². The number of aliphatic hydroxyl groups is 1. The minimum absolute atomic E-state index is 0.234. The second kappa shape index (κ2) is 8.53. The Labute approximate surface area is 149 Å². The van der Waals surface area contributed by atoms with Crippen molar-refractivity contribution in [2.45, 2.75) is 26.9 Å². The normalized spacial score (nSPS) is 11.7. The highest BCUT2D eigenvalue weighted by atomic mass is 16.5. The summed E-state index contributed by atoms with van der Waals surface area (Å²) in [5, 5.41) is 13.3. The Morgan fingerprint density at radius 2 is 1.88 bits per heavy atom. The molecule has 0 radical (unpaired) electrons. The molecule has 134 valence electrons. The lowest BCUT2D eigenvalue weighted by molar-refractivity contribution is 0.128. The third-order valence-electron chi connectivity index (χ3n) is 4.20. The molecule has 0 aliphatic carbocycles. The summed E-state index contributed by atoms with van der Waals surface area (Å²) in [6.45, 7) is 6.54. The first-order valence-electron chi connectivity index (χ1n) is 8.39. The summed E-state index contributed by atoms with van der Waals surface area (Å²) in [6.07, 6.45) is -0.719. The van der Waals surface area contributed by atoms with E-state index in [9.17, 15) is 9.90 Å². The fraction of sp³-hybridized carbons (Fsp3) is 0.350. The van der Waals surface area contributed by atoms with E-state index in [1.165, 1.54) is 0 Å². The van der Waals surface area contributed by atoms with Gasteiger partial charge in [0.25, 0.3) is 0 Å². The number of benzene rings is 2. The van der Waals surface area contributed by atoms with E-state index in [0.29, 0.717) is 6.54 Å². The largest absolute Gasteiger partial charge is 0.497 e. The highest BCUT2D eigenvalue weighted by Crippen LogP contribution is 2.22. The molecule has 5 heteroatoms. The van der Waals surface area contributed by atoms with Crippen LogP contribution in [0, 0.1) is 13.8 Å². The van der Waals surface area contributed by atoms with E-state index in [-0.39, 0.29) is 12.6 Å². The van der Waals surface area contributed by atoms with Gasteiger partial charge >= 0.3 is 6.03 Å². The number of carbonyl (C=O) groups excluding carboxylic acids is 1. The number of aryl methyl sites for hydroxylation is 2. The van der Waals surface area contributed by atoms with Crippen LogP contribution in [0.4, 0.5) is 10.5 Å². The van der Waals surface area contributed by atoms with Gasteiger partial charge in [0.2, 0.25) is 0 Å². The van der Waals surface area contributed by atoms with Crippen molar-refractivity contribution in [3.8, 4) is 5.75 Å². The van der Waals surface area contributed by atoms with Crippen LogP contribution < -0.4 is 10.1 Å². The monoisotopic (exact) mass is 342 g/mol. The standard InChI is InChI=1S/C20H26N2O3/c1-5-22(13-19(23)16-8-6-14(2)7-9-16)20(24)21-18-11-10-17(25-4)12-15(18)3/h6-12,19,23H,5,13H2,1-4H3,(H,21,24). The van der Waals surface area contributed by atoms with Gasteiger partial charge in [-0.15, -0.1) is 0 Å². The Bertz CT molecular complexity index is 713. The molecule has 1 atom stereocenters. The van der Waals surface area contributed by atoms with Crippen LogP contribution in [-0.2, 0) is 0 Å². The van der Waals surface area contributed by atoms with Crippen molar-refractivity contribution in [2.24, 2.45) is 0 Å². The molecule has 2 aromatic carbocycles. The van der Waals surface area contributed by atoms with E-state index in [1.54, 1.807) is 18.1 Å². The van der Waals surface area contributed by atoms with Crippen molar-refractivity contribution in [1.29, 1.82) is 0 Å². The average molecular weight is 342 g/mol. The van der Waals surface area contributed by atoms with E-state index in [0.717, 1.165) is 28.1 Å². The number of amides is 2. The Hall–Kier alpha value is -2.53. The lowest BCUT2D eigenvalue weighted by Gasteiger charge is -2.25. The van der Waals surface area contributed by atoms with Crippen LogP contribution in [0.25, 0.3) is 0 Å². The molecule has 2 amide bonds. The Morgan fingerprint density at radius 1 is 1.20 bits per heavy atom.